The van der Waals surface area contributed by atoms with Gasteiger partial charge in [0.05, 0.1) is 6.54 Å². The van der Waals surface area contributed by atoms with Crippen molar-refractivity contribution in [3.8, 4) is 5.75 Å². The number of carbonyl (C=O) groups excluding carboxylic acids is 1. The Hall–Kier alpha value is -1.60. The average Bonchev–Trinajstić information content (AvgIpc) is 2.24. The van der Waals surface area contributed by atoms with Gasteiger partial charge < -0.3 is 4.74 Å². The highest BCUT2D eigenvalue weighted by Crippen LogP contribution is 2.33. The second-order valence-electron chi connectivity index (χ2n) is 4.71. The molecule has 0 unspecified atom stereocenters. The standard InChI is InChI=1S/C13H15NO2/c1-13(2)6-5-11-4-3-10(8-14-9-15)7-12(11)16-13/h3-4,7H,5-6,8H2,1-2H3. The first-order valence-corrected chi connectivity index (χ1v) is 5.45. The molecule has 3 nitrogen and oxygen atoms in total. The van der Waals surface area contributed by atoms with E-state index in [4.69, 9.17) is 4.74 Å². The van der Waals surface area contributed by atoms with E-state index in [0.29, 0.717) is 6.54 Å². The van der Waals surface area contributed by atoms with E-state index in [2.05, 4.69) is 24.9 Å². The van der Waals surface area contributed by atoms with Gasteiger partial charge in [0.2, 0.25) is 6.08 Å². The predicted molar refractivity (Wildman–Crippen MR) is 61.3 cm³/mol. The molecule has 0 aliphatic carbocycles. The maximum atomic E-state index is 10.0. The molecule has 2 rings (SSSR count). The Morgan fingerprint density at radius 1 is 1.50 bits per heavy atom. The Kier molecular flexibility index (Phi) is 2.80. The van der Waals surface area contributed by atoms with Crippen molar-refractivity contribution in [1.29, 1.82) is 0 Å². The zero-order chi connectivity index (χ0) is 11.6. The highest BCUT2D eigenvalue weighted by molar-refractivity contribution is 5.40. The summed E-state index contributed by atoms with van der Waals surface area (Å²) in [7, 11) is 0. The Labute approximate surface area is 95.2 Å². The van der Waals surface area contributed by atoms with Gasteiger partial charge in [-0.2, -0.15) is 0 Å². The maximum Gasteiger partial charge on any atom is 0.235 e. The molecule has 0 bridgehead atoms. The van der Waals surface area contributed by atoms with Crippen molar-refractivity contribution in [2.45, 2.75) is 38.8 Å². The van der Waals surface area contributed by atoms with Gasteiger partial charge in [-0.05, 0) is 43.9 Å². The average molecular weight is 217 g/mol. The molecular weight excluding hydrogens is 202 g/mol. The fourth-order valence-electron chi connectivity index (χ4n) is 1.91. The van der Waals surface area contributed by atoms with Crippen molar-refractivity contribution < 1.29 is 9.53 Å². The largest absolute Gasteiger partial charge is 0.488 e. The molecule has 1 aliphatic rings. The number of hydrogen-bond donors (Lipinski definition) is 0. The van der Waals surface area contributed by atoms with E-state index in [1.165, 1.54) is 5.56 Å². The molecule has 1 aromatic rings. The minimum atomic E-state index is -0.0977. The summed E-state index contributed by atoms with van der Waals surface area (Å²) in [6, 6.07) is 6.01. The first-order chi connectivity index (χ1) is 7.61. The lowest BCUT2D eigenvalue weighted by Gasteiger charge is -2.32. The minimum absolute atomic E-state index is 0.0977. The number of rotatable bonds is 2. The van der Waals surface area contributed by atoms with Gasteiger partial charge in [0, 0.05) is 0 Å². The summed E-state index contributed by atoms with van der Waals surface area (Å²) >= 11 is 0. The third kappa shape index (κ3) is 2.31. The molecule has 0 N–H and O–H groups in total. The Morgan fingerprint density at radius 3 is 3.06 bits per heavy atom. The lowest BCUT2D eigenvalue weighted by molar-refractivity contribution is 0.0846. The smallest absolute Gasteiger partial charge is 0.235 e. The maximum absolute atomic E-state index is 10.0. The topological polar surface area (TPSA) is 38.7 Å². The van der Waals surface area contributed by atoms with E-state index in [9.17, 15) is 4.79 Å². The number of aliphatic imine (C=N–C) groups is 1. The van der Waals surface area contributed by atoms with Crippen LogP contribution in [-0.2, 0) is 17.8 Å². The predicted octanol–water partition coefficient (Wildman–Crippen LogP) is 2.63. The van der Waals surface area contributed by atoms with E-state index in [0.717, 1.165) is 24.2 Å². The first-order valence-electron chi connectivity index (χ1n) is 5.45. The van der Waals surface area contributed by atoms with Crippen LogP contribution in [0.5, 0.6) is 5.75 Å². The molecule has 1 heterocycles. The molecule has 0 radical (unpaired) electrons. The van der Waals surface area contributed by atoms with Crippen LogP contribution in [0.25, 0.3) is 0 Å². The minimum Gasteiger partial charge on any atom is -0.488 e. The monoisotopic (exact) mass is 217 g/mol. The fraction of sp³-hybridized carbons (Fsp3) is 0.462. The lowest BCUT2D eigenvalue weighted by atomic mass is 9.93. The van der Waals surface area contributed by atoms with E-state index in [1.54, 1.807) is 6.08 Å². The van der Waals surface area contributed by atoms with Crippen molar-refractivity contribution in [3.05, 3.63) is 29.3 Å². The molecule has 1 aromatic carbocycles. The SMILES string of the molecule is CC1(C)CCc2ccc(CN=C=O)cc2O1. The van der Waals surface area contributed by atoms with Crippen molar-refractivity contribution in [3.63, 3.8) is 0 Å². The number of nitrogens with zero attached hydrogens (tertiary/aromatic N) is 1. The molecule has 1 aliphatic heterocycles. The van der Waals surface area contributed by atoms with Crippen LogP contribution in [0.2, 0.25) is 0 Å². The van der Waals surface area contributed by atoms with Crippen LogP contribution >= 0.6 is 0 Å². The molecule has 0 aromatic heterocycles. The lowest BCUT2D eigenvalue weighted by Crippen LogP contribution is -2.32. The molecule has 0 saturated carbocycles. The Morgan fingerprint density at radius 2 is 2.31 bits per heavy atom. The molecule has 0 amide bonds. The van der Waals surface area contributed by atoms with Crippen molar-refractivity contribution in [1.82, 2.24) is 0 Å². The number of benzene rings is 1. The molecule has 0 fully saturated rings. The number of hydrogen-bond acceptors (Lipinski definition) is 3. The van der Waals surface area contributed by atoms with Gasteiger partial charge in [0.25, 0.3) is 0 Å². The highest BCUT2D eigenvalue weighted by atomic mass is 16.5. The summed E-state index contributed by atoms with van der Waals surface area (Å²) in [6.45, 7) is 4.55. The summed E-state index contributed by atoms with van der Waals surface area (Å²) in [5.74, 6) is 0.926. The highest BCUT2D eigenvalue weighted by Gasteiger charge is 2.26. The van der Waals surface area contributed by atoms with Crippen molar-refractivity contribution in [2.75, 3.05) is 0 Å². The Balaban J connectivity index is 2.27. The van der Waals surface area contributed by atoms with Gasteiger partial charge in [-0.25, -0.2) is 9.79 Å². The van der Waals surface area contributed by atoms with Crippen LogP contribution < -0.4 is 4.74 Å². The summed E-state index contributed by atoms with van der Waals surface area (Å²) in [5, 5.41) is 0. The van der Waals surface area contributed by atoms with Crippen molar-refractivity contribution >= 4 is 6.08 Å². The number of ether oxygens (including phenoxy) is 1. The molecule has 3 heteroatoms. The van der Waals surface area contributed by atoms with E-state index in [-0.39, 0.29) is 5.60 Å². The van der Waals surface area contributed by atoms with E-state index >= 15 is 0 Å². The van der Waals surface area contributed by atoms with Gasteiger partial charge >= 0.3 is 0 Å². The summed E-state index contributed by atoms with van der Waals surface area (Å²) in [6.07, 6.45) is 3.62. The molecule has 0 spiro atoms. The first kappa shape index (κ1) is 10.9. The van der Waals surface area contributed by atoms with Crippen LogP contribution in [0.3, 0.4) is 0 Å². The molecule has 84 valence electrons. The third-order valence-electron chi connectivity index (χ3n) is 2.84. The van der Waals surface area contributed by atoms with Crippen molar-refractivity contribution in [2.24, 2.45) is 4.99 Å². The molecule has 16 heavy (non-hydrogen) atoms. The molecular formula is C13H15NO2. The van der Waals surface area contributed by atoms with Crippen LogP contribution in [0.15, 0.2) is 23.2 Å². The number of isocyanates is 1. The van der Waals surface area contributed by atoms with Gasteiger partial charge in [-0.1, -0.05) is 12.1 Å². The van der Waals surface area contributed by atoms with Gasteiger partial charge in [-0.15, -0.1) is 0 Å². The van der Waals surface area contributed by atoms with E-state index < -0.39 is 0 Å². The number of aryl methyl sites for hydroxylation is 1. The Bertz CT molecular complexity index is 445. The van der Waals surface area contributed by atoms with Crippen LogP contribution in [0.4, 0.5) is 0 Å². The summed E-state index contributed by atoms with van der Waals surface area (Å²) in [5.41, 5.74) is 2.12. The van der Waals surface area contributed by atoms with Crippen LogP contribution in [0, 0.1) is 0 Å². The zero-order valence-electron chi connectivity index (χ0n) is 9.62. The summed E-state index contributed by atoms with van der Waals surface area (Å²) in [4.78, 5) is 13.6. The number of fused-ring (bicyclic) bond motifs is 1. The van der Waals surface area contributed by atoms with Gasteiger partial charge in [-0.3, -0.25) is 0 Å². The van der Waals surface area contributed by atoms with Crippen LogP contribution in [-0.4, -0.2) is 11.7 Å². The van der Waals surface area contributed by atoms with Gasteiger partial charge in [0.1, 0.15) is 11.4 Å². The van der Waals surface area contributed by atoms with E-state index in [1.807, 2.05) is 12.1 Å². The van der Waals surface area contributed by atoms with Gasteiger partial charge in [0.15, 0.2) is 0 Å². The molecule has 0 saturated heterocycles. The molecule has 0 atom stereocenters. The second kappa shape index (κ2) is 4.11. The normalized spacial score (nSPS) is 16.9. The third-order valence-corrected chi connectivity index (χ3v) is 2.84. The quantitative estimate of drug-likeness (QED) is 0.564. The fourth-order valence-corrected chi connectivity index (χ4v) is 1.91. The summed E-state index contributed by atoms with van der Waals surface area (Å²) < 4.78 is 5.90. The van der Waals surface area contributed by atoms with Crippen LogP contribution in [0.1, 0.15) is 31.4 Å². The second-order valence-corrected chi connectivity index (χ2v) is 4.71. The zero-order valence-corrected chi connectivity index (χ0v) is 9.62.